The zero-order chi connectivity index (χ0) is 14.6. The normalized spacial score (nSPS) is 11.5. The monoisotopic (exact) mass is 366 g/mol. The van der Waals surface area contributed by atoms with Crippen LogP contribution >= 0.6 is 27.7 Å². The Balaban J connectivity index is 3.21. The molecule has 0 saturated heterocycles. The molecule has 0 aliphatic heterocycles. The quantitative estimate of drug-likeness (QED) is 0.783. The Bertz CT molecular complexity index is 582. The van der Waals surface area contributed by atoms with Crippen molar-refractivity contribution in [3.63, 3.8) is 0 Å². The van der Waals surface area contributed by atoms with Crippen LogP contribution in [0.4, 0.5) is 0 Å². The second-order valence-electron chi connectivity index (χ2n) is 3.90. The molecule has 1 rings (SSSR count). The summed E-state index contributed by atoms with van der Waals surface area (Å²) in [4.78, 5) is 11.1. The fraction of sp³-hybridized carbons (Fsp3) is 0.417. The van der Waals surface area contributed by atoms with Gasteiger partial charge in [0.2, 0.25) is 0 Å². The van der Waals surface area contributed by atoms with E-state index in [0.717, 1.165) is 5.75 Å². The van der Waals surface area contributed by atoms with Crippen molar-refractivity contribution in [1.29, 1.82) is 0 Å². The first-order chi connectivity index (χ1) is 8.79. The van der Waals surface area contributed by atoms with Crippen LogP contribution in [0, 0.1) is 6.92 Å². The van der Waals surface area contributed by atoms with Gasteiger partial charge in [0.05, 0.1) is 16.2 Å². The van der Waals surface area contributed by atoms with Gasteiger partial charge in [0.1, 0.15) is 0 Å². The van der Waals surface area contributed by atoms with E-state index in [9.17, 15) is 13.2 Å². The van der Waals surface area contributed by atoms with Gasteiger partial charge in [-0.3, -0.25) is 0 Å². The standard InChI is InChI=1S/C12H15BrO4S2/c1-3-18-4-5-19(16,17)11-7-9(12(14)15)6-10(13)8(11)2/h6-7H,3-5H2,1-2H3,(H,14,15). The van der Waals surface area contributed by atoms with E-state index < -0.39 is 15.8 Å². The van der Waals surface area contributed by atoms with E-state index in [2.05, 4.69) is 15.9 Å². The Morgan fingerprint density at radius 1 is 1.42 bits per heavy atom. The average molecular weight is 367 g/mol. The van der Waals surface area contributed by atoms with E-state index in [1.807, 2.05) is 6.92 Å². The molecule has 0 saturated carbocycles. The predicted octanol–water partition coefficient (Wildman–Crippen LogP) is 2.98. The van der Waals surface area contributed by atoms with Crippen LogP contribution in [-0.2, 0) is 9.84 Å². The van der Waals surface area contributed by atoms with Crippen molar-refractivity contribution in [2.24, 2.45) is 0 Å². The van der Waals surface area contributed by atoms with Crippen LogP contribution < -0.4 is 0 Å². The van der Waals surface area contributed by atoms with Crippen molar-refractivity contribution in [3.05, 3.63) is 27.7 Å². The first kappa shape index (κ1) is 16.5. The van der Waals surface area contributed by atoms with Crippen LogP contribution in [0.2, 0.25) is 0 Å². The average Bonchev–Trinajstić information content (AvgIpc) is 2.32. The number of aromatic carboxylic acids is 1. The predicted molar refractivity (Wildman–Crippen MR) is 80.9 cm³/mol. The fourth-order valence-corrected chi connectivity index (χ4v) is 4.86. The Kier molecular flexibility index (Phi) is 5.88. The number of thioether (sulfide) groups is 1. The van der Waals surface area contributed by atoms with Gasteiger partial charge in [0.15, 0.2) is 9.84 Å². The van der Waals surface area contributed by atoms with Gasteiger partial charge in [-0.1, -0.05) is 22.9 Å². The molecule has 0 bridgehead atoms. The van der Waals surface area contributed by atoms with Crippen LogP contribution in [0.25, 0.3) is 0 Å². The van der Waals surface area contributed by atoms with E-state index in [0.29, 0.717) is 15.8 Å². The van der Waals surface area contributed by atoms with Crippen molar-refractivity contribution in [2.45, 2.75) is 18.7 Å². The lowest BCUT2D eigenvalue weighted by molar-refractivity contribution is 0.0696. The summed E-state index contributed by atoms with van der Waals surface area (Å²) < 4.78 is 25.0. The molecule has 1 aromatic rings. The molecule has 0 unspecified atom stereocenters. The van der Waals surface area contributed by atoms with Crippen molar-refractivity contribution in [3.8, 4) is 0 Å². The molecule has 106 valence electrons. The molecule has 0 amide bonds. The van der Waals surface area contributed by atoms with Crippen LogP contribution in [-0.4, -0.2) is 36.8 Å². The molecule has 0 spiro atoms. The second-order valence-corrected chi connectivity index (χ2v) is 8.23. The highest BCUT2D eigenvalue weighted by molar-refractivity contribution is 9.10. The zero-order valence-corrected chi connectivity index (χ0v) is 13.9. The smallest absolute Gasteiger partial charge is 0.335 e. The van der Waals surface area contributed by atoms with E-state index in [1.165, 1.54) is 12.1 Å². The third-order valence-electron chi connectivity index (χ3n) is 2.58. The molecule has 0 atom stereocenters. The number of carboxylic acids is 1. The van der Waals surface area contributed by atoms with Crippen LogP contribution in [0.1, 0.15) is 22.8 Å². The minimum absolute atomic E-state index is 0.0157. The maximum absolute atomic E-state index is 12.2. The molecular weight excluding hydrogens is 352 g/mol. The lowest BCUT2D eigenvalue weighted by Crippen LogP contribution is -2.12. The third kappa shape index (κ3) is 4.22. The number of hydrogen-bond acceptors (Lipinski definition) is 4. The van der Waals surface area contributed by atoms with Gasteiger partial charge in [-0.2, -0.15) is 11.8 Å². The molecule has 0 radical (unpaired) electrons. The van der Waals surface area contributed by atoms with E-state index >= 15 is 0 Å². The maximum Gasteiger partial charge on any atom is 0.335 e. The molecule has 0 heterocycles. The molecule has 7 heteroatoms. The summed E-state index contributed by atoms with van der Waals surface area (Å²) in [5, 5.41) is 8.98. The number of rotatable bonds is 6. The Morgan fingerprint density at radius 2 is 2.05 bits per heavy atom. The highest BCUT2D eigenvalue weighted by atomic mass is 79.9. The molecule has 0 fully saturated rings. The van der Waals surface area contributed by atoms with Gasteiger partial charge in [-0.25, -0.2) is 13.2 Å². The van der Waals surface area contributed by atoms with Gasteiger partial charge in [-0.05, 0) is 30.4 Å². The number of sulfone groups is 1. The number of carbonyl (C=O) groups is 1. The summed E-state index contributed by atoms with van der Waals surface area (Å²) in [5.74, 6) is 0.239. The molecule has 4 nitrogen and oxygen atoms in total. The van der Waals surface area contributed by atoms with Gasteiger partial charge in [-0.15, -0.1) is 0 Å². The number of halogens is 1. The zero-order valence-electron chi connectivity index (χ0n) is 10.6. The van der Waals surface area contributed by atoms with Crippen LogP contribution in [0.5, 0.6) is 0 Å². The maximum atomic E-state index is 12.2. The van der Waals surface area contributed by atoms with Gasteiger partial charge in [0.25, 0.3) is 0 Å². The van der Waals surface area contributed by atoms with E-state index in [-0.39, 0.29) is 16.2 Å². The molecular formula is C12H15BrO4S2. The van der Waals surface area contributed by atoms with E-state index in [4.69, 9.17) is 5.11 Å². The van der Waals surface area contributed by atoms with Gasteiger partial charge < -0.3 is 5.11 Å². The first-order valence-electron chi connectivity index (χ1n) is 5.63. The van der Waals surface area contributed by atoms with Crippen molar-refractivity contribution >= 4 is 43.5 Å². The third-order valence-corrected chi connectivity index (χ3v) is 6.40. The minimum atomic E-state index is -3.46. The van der Waals surface area contributed by atoms with Crippen molar-refractivity contribution in [2.75, 3.05) is 17.3 Å². The summed E-state index contributed by atoms with van der Waals surface area (Å²) in [6.07, 6.45) is 0. The molecule has 0 aliphatic rings. The number of carboxylic acid groups (broad SMARTS) is 1. The topological polar surface area (TPSA) is 71.4 Å². The van der Waals surface area contributed by atoms with Crippen molar-refractivity contribution in [1.82, 2.24) is 0 Å². The summed E-state index contributed by atoms with van der Waals surface area (Å²) >= 11 is 4.75. The second kappa shape index (κ2) is 6.76. The largest absolute Gasteiger partial charge is 0.478 e. The van der Waals surface area contributed by atoms with Gasteiger partial charge >= 0.3 is 5.97 Å². The molecule has 0 aliphatic carbocycles. The highest BCUT2D eigenvalue weighted by Crippen LogP contribution is 2.27. The summed E-state index contributed by atoms with van der Waals surface area (Å²) in [7, 11) is -3.46. The Labute approximate surface area is 125 Å². The Hall–Kier alpha value is -0.530. The van der Waals surface area contributed by atoms with Crippen molar-refractivity contribution < 1.29 is 18.3 Å². The SMILES string of the molecule is CCSCCS(=O)(=O)c1cc(C(=O)O)cc(Br)c1C. The van der Waals surface area contributed by atoms with Gasteiger partial charge in [0, 0.05) is 10.2 Å². The molecule has 0 aromatic heterocycles. The minimum Gasteiger partial charge on any atom is -0.478 e. The van der Waals surface area contributed by atoms with Crippen LogP contribution in [0.15, 0.2) is 21.5 Å². The highest BCUT2D eigenvalue weighted by Gasteiger charge is 2.21. The lowest BCUT2D eigenvalue weighted by Gasteiger charge is -2.10. The fourth-order valence-electron chi connectivity index (χ4n) is 1.52. The van der Waals surface area contributed by atoms with Crippen LogP contribution in [0.3, 0.4) is 0 Å². The summed E-state index contributed by atoms with van der Waals surface area (Å²) in [6.45, 7) is 3.62. The summed E-state index contributed by atoms with van der Waals surface area (Å²) in [6, 6.07) is 2.64. The number of benzene rings is 1. The first-order valence-corrected chi connectivity index (χ1v) is 9.23. The molecule has 1 aromatic carbocycles. The lowest BCUT2D eigenvalue weighted by atomic mass is 10.1. The summed E-state index contributed by atoms with van der Waals surface area (Å²) in [5.41, 5.74) is 0.519. The van der Waals surface area contributed by atoms with E-state index in [1.54, 1.807) is 18.7 Å². The number of hydrogen-bond donors (Lipinski definition) is 1. The molecule has 1 N–H and O–H groups in total. The Morgan fingerprint density at radius 3 is 2.58 bits per heavy atom. The molecule has 19 heavy (non-hydrogen) atoms.